The number of nitrogens with two attached hydrogens (primary N) is 1. The summed E-state index contributed by atoms with van der Waals surface area (Å²) in [7, 11) is 0. The molecule has 0 aliphatic carbocycles. The van der Waals surface area contributed by atoms with Gasteiger partial charge in [-0.3, -0.25) is 5.41 Å². The lowest BCUT2D eigenvalue weighted by atomic mass is 10.2. The molecule has 0 radical (unpaired) electrons. The highest BCUT2D eigenvalue weighted by atomic mass is 79.9. The van der Waals surface area contributed by atoms with Gasteiger partial charge in [0.1, 0.15) is 5.84 Å². The molecule has 0 saturated carbocycles. The molecule has 0 aliphatic heterocycles. The number of amidine groups is 1. The largest absolute Gasteiger partial charge is 0.384 e. The minimum Gasteiger partial charge on any atom is -0.384 e. The number of benzene rings is 2. The van der Waals surface area contributed by atoms with Crippen LogP contribution in [0.4, 0.5) is 0 Å². The van der Waals surface area contributed by atoms with Crippen LogP contribution in [0.1, 0.15) is 16.7 Å². The van der Waals surface area contributed by atoms with Gasteiger partial charge >= 0.3 is 0 Å². The molecule has 2 aromatic carbocycles. The Kier molecular flexibility index (Phi) is 4.66. The van der Waals surface area contributed by atoms with Crippen molar-refractivity contribution in [1.29, 1.82) is 5.41 Å². The maximum Gasteiger partial charge on any atom is 0.123 e. The van der Waals surface area contributed by atoms with E-state index in [-0.39, 0.29) is 5.84 Å². The van der Waals surface area contributed by atoms with Gasteiger partial charge in [-0.25, -0.2) is 0 Å². The third kappa shape index (κ3) is 3.85. The summed E-state index contributed by atoms with van der Waals surface area (Å²) < 4.78 is 0.942. The summed E-state index contributed by atoms with van der Waals surface area (Å²) in [6, 6.07) is 14.3. The van der Waals surface area contributed by atoms with Crippen molar-refractivity contribution in [3.8, 4) is 0 Å². The molecular weight excluding hydrogens is 320 g/mol. The van der Waals surface area contributed by atoms with E-state index in [2.05, 4.69) is 47.1 Å². The number of hydrogen-bond donors (Lipinski definition) is 2. The quantitative estimate of drug-likeness (QED) is 0.496. The Morgan fingerprint density at radius 1 is 1.26 bits per heavy atom. The molecule has 0 aromatic heterocycles. The van der Waals surface area contributed by atoms with E-state index < -0.39 is 0 Å². The van der Waals surface area contributed by atoms with E-state index in [0.29, 0.717) is 0 Å². The van der Waals surface area contributed by atoms with Gasteiger partial charge in [-0.1, -0.05) is 45.8 Å². The van der Waals surface area contributed by atoms with Crippen molar-refractivity contribution >= 4 is 33.5 Å². The summed E-state index contributed by atoms with van der Waals surface area (Å²) in [5.41, 5.74) is 8.95. The first kappa shape index (κ1) is 14.2. The van der Waals surface area contributed by atoms with Crippen molar-refractivity contribution in [2.45, 2.75) is 17.6 Å². The van der Waals surface area contributed by atoms with Gasteiger partial charge < -0.3 is 5.73 Å². The van der Waals surface area contributed by atoms with Crippen LogP contribution in [0, 0.1) is 12.3 Å². The molecule has 3 N–H and O–H groups in total. The molecule has 2 rings (SSSR count). The molecule has 2 aromatic rings. The highest BCUT2D eigenvalue weighted by molar-refractivity contribution is 9.10. The Hall–Kier alpha value is -1.26. The van der Waals surface area contributed by atoms with Crippen LogP contribution in [0.5, 0.6) is 0 Å². The van der Waals surface area contributed by atoms with Crippen molar-refractivity contribution < 1.29 is 0 Å². The van der Waals surface area contributed by atoms with Crippen LogP contribution in [-0.2, 0) is 5.75 Å². The summed E-state index contributed by atoms with van der Waals surface area (Å²) in [6.45, 7) is 2.09. The first-order valence-electron chi connectivity index (χ1n) is 5.88. The number of nitrogens with one attached hydrogen (secondary N) is 1. The fourth-order valence-electron chi connectivity index (χ4n) is 1.80. The third-order valence-corrected chi connectivity index (χ3v) is 4.35. The number of hydrogen-bond acceptors (Lipinski definition) is 2. The minimum absolute atomic E-state index is 0.105. The first-order valence-corrected chi connectivity index (χ1v) is 7.66. The van der Waals surface area contributed by atoms with Crippen molar-refractivity contribution in [2.75, 3.05) is 0 Å². The topological polar surface area (TPSA) is 49.9 Å². The average molecular weight is 335 g/mol. The standard InChI is InChI=1S/C15H15BrN2S/c1-10-3-2-4-11(7-10)9-19-14-6-5-12(16)8-13(14)15(17)18/h2-8H,9H2,1H3,(H3,17,18). The molecule has 0 atom stereocenters. The van der Waals surface area contributed by atoms with Crippen molar-refractivity contribution in [3.05, 3.63) is 63.6 Å². The molecule has 19 heavy (non-hydrogen) atoms. The number of halogens is 1. The molecule has 98 valence electrons. The molecule has 0 amide bonds. The molecule has 0 unspecified atom stereocenters. The fourth-order valence-corrected chi connectivity index (χ4v) is 3.15. The molecule has 4 heteroatoms. The molecule has 0 bridgehead atoms. The first-order chi connectivity index (χ1) is 9.06. The predicted octanol–water partition coefficient (Wildman–Crippen LogP) is 4.33. The fraction of sp³-hybridized carbons (Fsp3) is 0.133. The lowest BCUT2D eigenvalue weighted by molar-refractivity contribution is 1.31. The van der Waals surface area contributed by atoms with Crippen LogP contribution in [0.15, 0.2) is 51.8 Å². The van der Waals surface area contributed by atoms with E-state index in [9.17, 15) is 0 Å². The summed E-state index contributed by atoms with van der Waals surface area (Å²) in [5, 5.41) is 7.63. The zero-order valence-electron chi connectivity index (χ0n) is 10.6. The monoisotopic (exact) mass is 334 g/mol. The van der Waals surface area contributed by atoms with Gasteiger partial charge in [0.15, 0.2) is 0 Å². The zero-order valence-corrected chi connectivity index (χ0v) is 13.0. The highest BCUT2D eigenvalue weighted by Crippen LogP contribution is 2.28. The van der Waals surface area contributed by atoms with E-state index in [0.717, 1.165) is 20.7 Å². The Bertz CT molecular complexity index is 611. The molecule has 0 spiro atoms. The second-order valence-electron chi connectivity index (χ2n) is 4.33. The van der Waals surface area contributed by atoms with Gasteiger partial charge in [0, 0.05) is 20.7 Å². The van der Waals surface area contributed by atoms with Crippen LogP contribution in [0.2, 0.25) is 0 Å². The van der Waals surface area contributed by atoms with Crippen molar-refractivity contribution in [3.63, 3.8) is 0 Å². The lowest BCUT2D eigenvalue weighted by Gasteiger charge is -2.09. The number of nitrogen functional groups attached to an aromatic ring is 1. The van der Waals surface area contributed by atoms with Crippen LogP contribution in [0.25, 0.3) is 0 Å². The van der Waals surface area contributed by atoms with Gasteiger partial charge in [0.25, 0.3) is 0 Å². The van der Waals surface area contributed by atoms with Gasteiger partial charge in [-0.2, -0.15) is 0 Å². The molecule has 0 saturated heterocycles. The number of aryl methyl sites for hydroxylation is 1. The normalized spacial score (nSPS) is 10.4. The van der Waals surface area contributed by atoms with Crippen LogP contribution in [-0.4, -0.2) is 5.84 Å². The van der Waals surface area contributed by atoms with Crippen molar-refractivity contribution in [1.82, 2.24) is 0 Å². The third-order valence-electron chi connectivity index (χ3n) is 2.71. The van der Waals surface area contributed by atoms with E-state index in [1.54, 1.807) is 11.8 Å². The Labute approximate surface area is 126 Å². The van der Waals surface area contributed by atoms with Crippen LogP contribution >= 0.6 is 27.7 Å². The van der Waals surface area contributed by atoms with Gasteiger partial charge in [0.2, 0.25) is 0 Å². The Morgan fingerprint density at radius 3 is 2.74 bits per heavy atom. The second kappa shape index (κ2) is 6.26. The number of thioether (sulfide) groups is 1. The Morgan fingerprint density at radius 2 is 2.05 bits per heavy atom. The van der Waals surface area contributed by atoms with E-state index in [1.807, 2.05) is 18.2 Å². The predicted molar refractivity (Wildman–Crippen MR) is 85.9 cm³/mol. The van der Waals surface area contributed by atoms with E-state index >= 15 is 0 Å². The minimum atomic E-state index is 0.105. The summed E-state index contributed by atoms with van der Waals surface area (Å²) >= 11 is 5.11. The van der Waals surface area contributed by atoms with Gasteiger partial charge in [0.05, 0.1) is 0 Å². The second-order valence-corrected chi connectivity index (χ2v) is 6.26. The maximum atomic E-state index is 7.63. The maximum absolute atomic E-state index is 7.63. The summed E-state index contributed by atoms with van der Waals surface area (Å²) in [4.78, 5) is 1.04. The smallest absolute Gasteiger partial charge is 0.123 e. The average Bonchev–Trinajstić information content (AvgIpc) is 2.37. The summed E-state index contributed by atoms with van der Waals surface area (Å²) in [5.74, 6) is 0.983. The van der Waals surface area contributed by atoms with E-state index in [1.165, 1.54) is 11.1 Å². The molecule has 0 aliphatic rings. The molecule has 0 heterocycles. The van der Waals surface area contributed by atoms with Crippen LogP contribution in [0.3, 0.4) is 0 Å². The Balaban J connectivity index is 2.17. The molecular formula is C15H15BrN2S. The van der Waals surface area contributed by atoms with Crippen LogP contribution < -0.4 is 5.73 Å². The number of rotatable bonds is 4. The zero-order chi connectivity index (χ0) is 13.8. The van der Waals surface area contributed by atoms with Gasteiger partial charge in [-0.15, -0.1) is 11.8 Å². The van der Waals surface area contributed by atoms with E-state index in [4.69, 9.17) is 11.1 Å². The summed E-state index contributed by atoms with van der Waals surface area (Å²) in [6.07, 6.45) is 0. The SMILES string of the molecule is Cc1cccc(CSc2ccc(Br)cc2C(=N)N)c1. The van der Waals surface area contributed by atoms with Crippen molar-refractivity contribution in [2.24, 2.45) is 5.73 Å². The highest BCUT2D eigenvalue weighted by Gasteiger charge is 2.07. The van der Waals surface area contributed by atoms with Gasteiger partial charge in [-0.05, 0) is 30.7 Å². The molecule has 2 nitrogen and oxygen atoms in total. The molecule has 0 fully saturated rings. The lowest BCUT2D eigenvalue weighted by Crippen LogP contribution is -2.12.